The van der Waals surface area contributed by atoms with Crippen molar-refractivity contribution in [1.29, 1.82) is 0 Å². The summed E-state index contributed by atoms with van der Waals surface area (Å²) in [5, 5.41) is 3.06. The van der Waals surface area contributed by atoms with Crippen LogP contribution in [0.15, 0.2) is 60.7 Å². The lowest BCUT2D eigenvalue weighted by Gasteiger charge is -2.46. The number of amides is 1. The van der Waals surface area contributed by atoms with Crippen molar-refractivity contribution in [2.45, 2.75) is 12.1 Å². The van der Waals surface area contributed by atoms with Gasteiger partial charge in [0, 0.05) is 5.69 Å². The van der Waals surface area contributed by atoms with E-state index in [4.69, 9.17) is 6.42 Å². The number of carbonyl (C=O) groups excluding carboxylic acids is 1. The number of terminal acetylenes is 1. The molecule has 1 fully saturated rings. The van der Waals surface area contributed by atoms with E-state index in [1.54, 1.807) is 17.0 Å². The monoisotopic (exact) mass is 320 g/mol. The number of nitrogens with zero attached hydrogens (tertiary/aromatic N) is 1. The van der Waals surface area contributed by atoms with Crippen LogP contribution in [0.25, 0.3) is 6.08 Å². The van der Waals surface area contributed by atoms with Crippen molar-refractivity contribution in [2.75, 3.05) is 11.4 Å². The number of halogens is 1. The molecule has 0 unspecified atom stereocenters. The van der Waals surface area contributed by atoms with E-state index in [2.05, 4.69) is 11.2 Å². The van der Waals surface area contributed by atoms with E-state index in [1.165, 1.54) is 12.1 Å². The van der Waals surface area contributed by atoms with Gasteiger partial charge >= 0.3 is 0 Å². The first-order valence-electron chi connectivity index (χ1n) is 7.69. The van der Waals surface area contributed by atoms with Crippen molar-refractivity contribution in [1.82, 2.24) is 5.32 Å². The first-order valence-corrected chi connectivity index (χ1v) is 7.69. The zero-order valence-electron chi connectivity index (χ0n) is 13.0. The van der Waals surface area contributed by atoms with Crippen LogP contribution in [-0.2, 0) is 4.79 Å². The second-order valence-corrected chi connectivity index (χ2v) is 5.51. The first kappa shape index (κ1) is 16.0. The van der Waals surface area contributed by atoms with Gasteiger partial charge in [-0.2, -0.15) is 0 Å². The molecular weight excluding hydrogens is 303 g/mol. The molecule has 1 N–H and O–H groups in total. The normalized spacial score (nSPS) is 20.0. The van der Waals surface area contributed by atoms with E-state index in [1.807, 2.05) is 42.5 Å². The van der Waals surface area contributed by atoms with Crippen LogP contribution >= 0.6 is 0 Å². The molecule has 0 saturated carbocycles. The molecule has 24 heavy (non-hydrogen) atoms. The third kappa shape index (κ3) is 3.22. The summed E-state index contributed by atoms with van der Waals surface area (Å²) < 4.78 is 13.1. The molecule has 0 radical (unpaired) electrons. The highest BCUT2D eigenvalue weighted by Gasteiger charge is 2.46. The average Bonchev–Trinajstić information content (AvgIpc) is 2.61. The summed E-state index contributed by atoms with van der Waals surface area (Å²) in [7, 11) is 0. The minimum absolute atomic E-state index is 0.0698. The fourth-order valence-corrected chi connectivity index (χ4v) is 2.76. The van der Waals surface area contributed by atoms with Crippen LogP contribution in [-0.4, -0.2) is 24.5 Å². The van der Waals surface area contributed by atoms with Gasteiger partial charge in [-0.1, -0.05) is 48.4 Å². The largest absolute Gasteiger partial charge is 0.302 e. The summed E-state index contributed by atoms with van der Waals surface area (Å²) >= 11 is 0. The number of nitrogens with one attached hydrogen (secondary N) is 1. The summed E-state index contributed by atoms with van der Waals surface area (Å²) in [5.41, 5.74) is 1.72. The maximum Gasteiger partial charge on any atom is 0.247 e. The van der Waals surface area contributed by atoms with Crippen LogP contribution in [0.5, 0.6) is 0 Å². The summed E-state index contributed by atoms with van der Waals surface area (Å²) in [6.45, 7) is 0.323. The number of hydrogen-bond acceptors (Lipinski definition) is 2. The third-order valence-corrected chi connectivity index (χ3v) is 3.96. The van der Waals surface area contributed by atoms with Gasteiger partial charge in [-0.25, -0.2) is 4.39 Å². The number of β-lactam (4-membered cyclic amide) rings is 1. The molecule has 1 aliphatic heterocycles. The maximum atomic E-state index is 13.1. The summed E-state index contributed by atoms with van der Waals surface area (Å²) in [6, 6.07) is 15.2. The van der Waals surface area contributed by atoms with E-state index in [0.717, 1.165) is 5.56 Å². The summed E-state index contributed by atoms with van der Waals surface area (Å²) in [4.78, 5) is 14.1. The second kappa shape index (κ2) is 7.12. The predicted molar refractivity (Wildman–Crippen MR) is 93.8 cm³/mol. The Labute approximate surface area is 140 Å². The quantitative estimate of drug-likeness (QED) is 0.679. The molecule has 0 bridgehead atoms. The number of benzene rings is 2. The Balaban J connectivity index is 1.84. The minimum Gasteiger partial charge on any atom is -0.302 e. The Morgan fingerprint density at radius 2 is 1.88 bits per heavy atom. The molecule has 0 aromatic heterocycles. The van der Waals surface area contributed by atoms with E-state index in [0.29, 0.717) is 12.2 Å². The maximum absolute atomic E-state index is 13.1. The van der Waals surface area contributed by atoms with Gasteiger partial charge in [-0.05, 0) is 29.8 Å². The molecule has 2 atom stereocenters. The van der Waals surface area contributed by atoms with Crippen molar-refractivity contribution < 1.29 is 9.18 Å². The zero-order valence-corrected chi connectivity index (χ0v) is 13.0. The Hall–Kier alpha value is -2.90. The molecule has 0 aliphatic carbocycles. The molecule has 0 spiro atoms. The highest BCUT2D eigenvalue weighted by atomic mass is 19.1. The van der Waals surface area contributed by atoms with Crippen molar-refractivity contribution in [3.8, 4) is 12.3 Å². The lowest BCUT2D eigenvalue weighted by molar-refractivity contribution is -0.126. The van der Waals surface area contributed by atoms with Gasteiger partial charge in [0.15, 0.2) is 0 Å². The van der Waals surface area contributed by atoms with E-state index in [-0.39, 0.29) is 23.8 Å². The fourth-order valence-electron chi connectivity index (χ4n) is 2.76. The molecular formula is C20H17FN2O. The van der Waals surface area contributed by atoms with Crippen LogP contribution in [0, 0.1) is 18.2 Å². The van der Waals surface area contributed by atoms with Gasteiger partial charge in [-0.15, -0.1) is 6.42 Å². The second-order valence-electron chi connectivity index (χ2n) is 5.51. The van der Waals surface area contributed by atoms with Crippen LogP contribution in [0.3, 0.4) is 0 Å². The topological polar surface area (TPSA) is 32.3 Å². The van der Waals surface area contributed by atoms with Crippen molar-refractivity contribution in [2.24, 2.45) is 0 Å². The molecule has 3 nitrogen and oxygen atoms in total. The fraction of sp³-hybridized carbons (Fsp3) is 0.150. The molecule has 1 aliphatic rings. The number of anilines is 1. The highest BCUT2D eigenvalue weighted by Crippen LogP contribution is 2.29. The standard InChI is InChI=1S/C20H17FN2O/c1-2-14-22-19-18(13-8-15-6-4-3-5-7-15)23(20(19)24)17-11-9-16(21)10-12-17/h1,3-13,18-19,22H,14H2/b13-8+/t18-,19+/m1/s1. The van der Waals surface area contributed by atoms with Crippen molar-refractivity contribution in [3.05, 3.63) is 72.1 Å². The summed E-state index contributed by atoms with van der Waals surface area (Å²) in [6.07, 6.45) is 9.21. The lowest BCUT2D eigenvalue weighted by Crippen LogP contribution is -2.69. The van der Waals surface area contributed by atoms with Gasteiger partial charge in [0.25, 0.3) is 0 Å². The Bertz CT molecular complexity index is 778. The van der Waals surface area contributed by atoms with Gasteiger partial charge in [-0.3, -0.25) is 10.1 Å². The smallest absolute Gasteiger partial charge is 0.247 e. The van der Waals surface area contributed by atoms with Crippen LogP contribution < -0.4 is 10.2 Å². The van der Waals surface area contributed by atoms with E-state index >= 15 is 0 Å². The SMILES string of the molecule is C#CCN[C@@H]1C(=O)N(c2ccc(F)cc2)[C@@H]1/C=C/c1ccccc1. The van der Waals surface area contributed by atoms with Crippen molar-refractivity contribution >= 4 is 17.7 Å². The lowest BCUT2D eigenvalue weighted by atomic mass is 9.92. The van der Waals surface area contributed by atoms with Gasteiger partial charge in [0.2, 0.25) is 5.91 Å². The Morgan fingerprint density at radius 1 is 1.17 bits per heavy atom. The number of hydrogen-bond donors (Lipinski definition) is 1. The summed E-state index contributed by atoms with van der Waals surface area (Å²) in [5.74, 6) is 2.09. The predicted octanol–water partition coefficient (Wildman–Crippen LogP) is 2.85. The molecule has 2 aromatic rings. The van der Waals surface area contributed by atoms with Crippen LogP contribution in [0.1, 0.15) is 5.56 Å². The zero-order chi connectivity index (χ0) is 16.9. The van der Waals surface area contributed by atoms with Crippen LogP contribution in [0.2, 0.25) is 0 Å². The average molecular weight is 320 g/mol. The molecule has 1 heterocycles. The molecule has 2 aromatic carbocycles. The number of carbonyl (C=O) groups is 1. The molecule has 1 saturated heterocycles. The van der Waals surface area contributed by atoms with Crippen molar-refractivity contribution in [3.63, 3.8) is 0 Å². The van der Waals surface area contributed by atoms with E-state index < -0.39 is 0 Å². The number of rotatable bonds is 5. The minimum atomic E-state index is -0.369. The molecule has 1 amide bonds. The Morgan fingerprint density at radius 3 is 2.54 bits per heavy atom. The molecule has 4 heteroatoms. The van der Waals surface area contributed by atoms with Crippen LogP contribution in [0.4, 0.5) is 10.1 Å². The van der Waals surface area contributed by atoms with Gasteiger partial charge in [0.1, 0.15) is 11.9 Å². The van der Waals surface area contributed by atoms with E-state index in [9.17, 15) is 9.18 Å². The Kier molecular flexibility index (Phi) is 4.74. The molecule has 3 rings (SSSR count). The van der Waals surface area contributed by atoms with Gasteiger partial charge in [0.05, 0.1) is 12.6 Å². The third-order valence-electron chi connectivity index (χ3n) is 3.96. The highest BCUT2D eigenvalue weighted by molar-refractivity contribution is 6.06. The van der Waals surface area contributed by atoms with Gasteiger partial charge < -0.3 is 4.90 Å². The molecule has 120 valence electrons. The first-order chi connectivity index (χ1) is 11.7.